The summed E-state index contributed by atoms with van der Waals surface area (Å²) < 4.78 is 0. The van der Waals surface area contributed by atoms with E-state index >= 15 is 0 Å². The van der Waals surface area contributed by atoms with Crippen molar-refractivity contribution in [3.63, 3.8) is 0 Å². The second kappa shape index (κ2) is 7.95. The number of carbonyl (C=O) groups is 3. The predicted octanol–water partition coefficient (Wildman–Crippen LogP) is 2.81. The summed E-state index contributed by atoms with van der Waals surface area (Å²) in [5.74, 6) is -0.614. The minimum Gasteiger partial charge on any atom is -0.353 e. The van der Waals surface area contributed by atoms with Gasteiger partial charge in [-0.05, 0) is 37.5 Å². The number of benzene rings is 2. The maximum absolute atomic E-state index is 12.3. The summed E-state index contributed by atoms with van der Waals surface area (Å²) in [6.45, 7) is 2.22. The fourth-order valence-electron chi connectivity index (χ4n) is 3.21. The first-order chi connectivity index (χ1) is 12.6. The number of fused-ring (bicyclic) bond motifs is 1. The number of carbonyl (C=O) groups excluding carboxylic acids is 3. The summed E-state index contributed by atoms with van der Waals surface area (Å²) in [7, 11) is 0. The van der Waals surface area contributed by atoms with Crippen molar-refractivity contribution in [2.75, 3.05) is 6.54 Å². The standard InChI is InChI=1S/C21H22N2O3/c1-15(14-16-8-3-2-4-9-16)22-19(24)12-7-13-23-20(25)17-10-5-6-11-18(17)21(23)26/h2-6,8-11,15H,7,12-14H2,1H3,(H,22,24)/t15-/m1/s1. The number of amides is 3. The Morgan fingerprint density at radius 3 is 2.15 bits per heavy atom. The summed E-state index contributed by atoms with van der Waals surface area (Å²) in [5, 5.41) is 2.97. The highest BCUT2D eigenvalue weighted by molar-refractivity contribution is 6.21. The van der Waals surface area contributed by atoms with Crippen molar-refractivity contribution in [2.45, 2.75) is 32.2 Å². The van der Waals surface area contributed by atoms with E-state index in [4.69, 9.17) is 0 Å². The number of nitrogens with zero attached hydrogens (tertiary/aromatic N) is 1. The molecule has 0 unspecified atom stereocenters. The van der Waals surface area contributed by atoms with Crippen molar-refractivity contribution >= 4 is 17.7 Å². The maximum Gasteiger partial charge on any atom is 0.261 e. The number of hydrogen-bond acceptors (Lipinski definition) is 3. The van der Waals surface area contributed by atoms with E-state index in [0.29, 0.717) is 17.5 Å². The molecule has 2 aromatic carbocycles. The van der Waals surface area contributed by atoms with E-state index in [1.54, 1.807) is 24.3 Å². The number of nitrogens with one attached hydrogen (secondary N) is 1. The molecule has 3 amide bonds. The first kappa shape index (κ1) is 17.9. The van der Waals surface area contributed by atoms with Gasteiger partial charge in [0.25, 0.3) is 11.8 Å². The average Bonchev–Trinajstić information content (AvgIpc) is 2.87. The van der Waals surface area contributed by atoms with E-state index in [-0.39, 0.29) is 36.7 Å². The van der Waals surface area contributed by atoms with Crippen LogP contribution in [0.4, 0.5) is 0 Å². The zero-order valence-electron chi connectivity index (χ0n) is 14.8. The first-order valence-electron chi connectivity index (χ1n) is 8.85. The maximum atomic E-state index is 12.3. The van der Waals surface area contributed by atoms with Crippen LogP contribution < -0.4 is 5.32 Å². The molecule has 0 spiro atoms. The molecule has 3 rings (SSSR count). The van der Waals surface area contributed by atoms with E-state index in [1.165, 1.54) is 10.5 Å². The van der Waals surface area contributed by atoms with E-state index < -0.39 is 0 Å². The molecule has 1 N–H and O–H groups in total. The van der Waals surface area contributed by atoms with Crippen LogP contribution in [-0.2, 0) is 11.2 Å². The van der Waals surface area contributed by atoms with Gasteiger partial charge in [0.2, 0.25) is 5.91 Å². The van der Waals surface area contributed by atoms with Crippen molar-refractivity contribution in [3.8, 4) is 0 Å². The van der Waals surface area contributed by atoms with E-state index in [0.717, 1.165) is 6.42 Å². The van der Waals surface area contributed by atoms with E-state index in [1.807, 2.05) is 37.3 Å². The van der Waals surface area contributed by atoms with Gasteiger partial charge in [-0.3, -0.25) is 19.3 Å². The molecule has 5 heteroatoms. The Kier molecular flexibility index (Phi) is 5.46. The third-order valence-corrected chi connectivity index (χ3v) is 4.46. The van der Waals surface area contributed by atoms with Crippen LogP contribution in [0.15, 0.2) is 54.6 Å². The second-order valence-electron chi connectivity index (χ2n) is 6.57. The minimum atomic E-state index is -0.275. The molecular weight excluding hydrogens is 328 g/mol. The highest BCUT2D eigenvalue weighted by Crippen LogP contribution is 2.22. The molecule has 0 saturated carbocycles. The monoisotopic (exact) mass is 350 g/mol. The lowest BCUT2D eigenvalue weighted by molar-refractivity contribution is -0.121. The summed E-state index contributed by atoms with van der Waals surface area (Å²) >= 11 is 0. The predicted molar refractivity (Wildman–Crippen MR) is 98.8 cm³/mol. The van der Waals surface area contributed by atoms with Crippen LogP contribution >= 0.6 is 0 Å². The molecule has 0 fully saturated rings. The largest absolute Gasteiger partial charge is 0.353 e. The van der Waals surface area contributed by atoms with Gasteiger partial charge < -0.3 is 5.32 Å². The Balaban J connectivity index is 1.44. The number of hydrogen-bond donors (Lipinski definition) is 1. The Morgan fingerprint density at radius 2 is 1.54 bits per heavy atom. The highest BCUT2D eigenvalue weighted by Gasteiger charge is 2.34. The molecule has 0 radical (unpaired) electrons. The SMILES string of the molecule is C[C@H](Cc1ccccc1)NC(=O)CCCN1C(=O)c2ccccc2C1=O. The molecule has 1 aliphatic rings. The van der Waals surface area contributed by atoms with Crippen LogP contribution in [0.5, 0.6) is 0 Å². The summed E-state index contributed by atoms with van der Waals surface area (Å²) in [4.78, 5) is 37.9. The van der Waals surface area contributed by atoms with Crippen molar-refractivity contribution in [1.29, 1.82) is 0 Å². The second-order valence-corrected chi connectivity index (χ2v) is 6.57. The zero-order chi connectivity index (χ0) is 18.5. The molecule has 1 atom stereocenters. The Morgan fingerprint density at radius 1 is 0.962 bits per heavy atom. The lowest BCUT2D eigenvalue weighted by Crippen LogP contribution is -2.35. The van der Waals surface area contributed by atoms with Gasteiger partial charge >= 0.3 is 0 Å². The molecule has 5 nitrogen and oxygen atoms in total. The average molecular weight is 350 g/mol. The normalized spacial score (nSPS) is 14.3. The zero-order valence-corrected chi connectivity index (χ0v) is 14.8. The van der Waals surface area contributed by atoms with Crippen LogP contribution in [0.25, 0.3) is 0 Å². The fraction of sp³-hybridized carbons (Fsp3) is 0.286. The molecule has 1 heterocycles. The van der Waals surface area contributed by atoms with Crippen molar-refractivity contribution in [1.82, 2.24) is 10.2 Å². The Labute approximate surface area is 153 Å². The molecule has 26 heavy (non-hydrogen) atoms. The topological polar surface area (TPSA) is 66.5 Å². The Hall–Kier alpha value is -2.95. The lowest BCUT2D eigenvalue weighted by atomic mass is 10.1. The Bertz CT molecular complexity index is 782. The first-order valence-corrected chi connectivity index (χ1v) is 8.85. The van der Waals surface area contributed by atoms with Gasteiger partial charge in [-0.25, -0.2) is 0 Å². The number of imide groups is 1. The summed E-state index contributed by atoms with van der Waals surface area (Å²) in [5.41, 5.74) is 2.06. The molecular formula is C21H22N2O3. The van der Waals surface area contributed by atoms with Crippen LogP contribution in [-0.4, -0.2) is 35.2 Å². The van der Waals surface area contributed by atoms with Crippen LogP contribution in [0.1, 0.15) is 46.0 Å². The summed E-state index contributed by atoms with van der Waals surface area (Å²) in [6, 6.07) is 16.8. The van der Waals surface area contributed by atoms with Crippen LogP contribution in [0, 0.1) is 0 Å². The van der Waals surface area contributed by atoms with Crippen LogP contribution in [0.3, 0.4) is 0 Å². The van der Waals surface area contributed by atoms with Crippen molar-refractivity contribution in [2.24, 2.45) is 0 Å². The van der Waals surface area contributed by atoms with E-state index in [9.17, 15) is 14.4 Å². The van der Waals surface area contributed by atoms with Gasteiger partial charge in [-0.15, -0.1) is 0 Å². The van der Waals surface area contributed by atoms with Gasteiger partial charge in [0, 0.05) is 19.0 Å². The smallest absolute Gasteiger partial charge is 0.261 e. The lowest BCUT2D eigenvalue weighted by Gasteiger charge is -2.16. The summed E-state index contributed by atoms with van der Waals surface area (Å²) in [6.07, 6.45) is 1.51. The molecule has 1 aliphatic heterocycles. The molecule has 2 aromatic rings. The number of rotatable bonds is 7. The third kappa shape index (κ3) is 3.99. The molecule has 0 bridgehead atoms. The third-order valence-electron chi connectivity index (χ3n) is 4.46. The van der Waals surface area contributed by atoms with Gasteiger partial charge in [-0.1, -0.05) is 42.5 Å². The van der Waals surface area contributed by atoms with Gasteiger partial charge in [0.15, 0.2) is 0 Å². The highest BCUT2D eigenvalue weighted by atomic mass is 16.2. The van der Waals surface area contributed by atoms with Gasteiger partial charge in [0.05, 0.1) is 11.1 Å². The molecule has 0 saturated heterocycles. The van der Waals surface area contributed by atoms with Crippen molar-refractivity contribution < 1.29 is 14.4 Å². The molecule has 134 valence electrons. The molecule has 0 aliphatic carbocycles. The van der Waals surface area contributed by atoms with E-state index in [2.05, 4.69) is 5.32 Å². The van der Waals surface area contributed by atoms with Crippen LogP contribution in [0.2, 0.25) is 0 Å². The van der Waals surface area contributed by atoms with Gasteiger partial charge in [0.1, 0.15) is 0 Å². The van der Waals surface area contributed by atoms with Crippen molar-refractivity contribution in [3.05, 3.63) is 71.3 Å². The molecule has 0 aromatic heterocycles. The van der Waals surface area contributed by atoms with Gasteiger partial charge in [-0.2, -0.15) is 0 Å². The quantitative estimate of drug-likeness (QED) is 0.781. The fourth-order valence-corrected chi connectivity index (χ4v) is 3.21. The minimum absolute atomic E-state index is 0.0317.